The summed E-state index contributed by atoms with van der Waals surface area (Å²) in [7, 11) is -3.61. The highest BCUT2D eigenvalue weighted by Crippen LogP contribution is 2.45. The number of hydrogen-bond acceptors (Lipinski definition) is 3. The van der Waals surface area contributed by atoms with Gasteiger partial charge in [0.25, 0.3) is 0 Å². The maximum Gasteiger partial charge on any atom is 0.332 e. The average molecular weight is 360 g/mol. The highest BCUT2D eigenvalue weighted by molar-refractivity contribution is 7.51. The molecule has 4 nitrogen and oxygen atoms in total. The van der Waals surface area contributed by atoms with Gasteiger partial charge >= 0.3 is 7.60 Å². The molecule has 2 rings (SSSR count). The van der Waals surface area contributed by atoms with Crippen LogP contribution in [0, 0.1) is 0 Å². The normalized spacial score (nSPS) is 13.4. The Balaban J connectivity index is 2.06. The highest BCUT2D eigenvalue weighted by atomic mass is 31.2. The van der Waals surface area contributed by atoms with E-state index in [1.807, 2.05) is 24.3 Å². The molecule has 0 bridgehead atoms. The fourth-order valence-electron chi connectivity index (χ4n) is 2.61. The lowest BCUT2D eigenvalue weighted by Crippen LogP contribution is -2.02. The zero-order valence-corrected chi connectivity index (χ0v) is 15.7. The summed E-state index contributed by atoms with van der Waals surface area (Å²) in [6.45, 7) is 4.03. The molecule has 2 aromatic rings. The third-order valence-corrected chi connectivity index (χ3v) is 5.39. The van der Waals surface area contributed by atoms with Crippen molar-refractivity contribution in [2.75, 3.05) is 6.61 Å². The van der Waals surface area contributed by atoms with Gasteiger partial charge < -0.3 is 9.42 Å². The van der Waals surface area contributed by atoms with Crippen LogP contribution in [-0.4, -0.2) is 17.3 Å². The predicted molar refractivity (Wildman–Crippen MR) is 100 cm³/mol. The molecule has 134 valence electrons. The summed E-state index contributed by atoms with van der Waals surface area (Å²) < 4.78 is 16.7. The van der Waals surface area contributed by atoms with Gasteiger partial charge in [0.15, 0.2) is 5.78 Å². The summed E-state index contributed by atoms with van der Waals surface area (Å²) in [5, 5.41) is 0. The minimum Gasteiger partial charge on any atom is -0.324 e. The van der Waals surface area contributed by atoms with Crippen LogP contribution in [0.5, 0.6) is 0 Å². The number of ketones is 1. The van der Waals surface area contributed by atoms with Crippen molar-refractivity contribution >= 4 is 13.4 Å². The lowest BCUT2D eigenvalue weighted by molar-refractivity contribution is 0.103. The summed E-state index contributed by atoms with van der Waals surface area (Å²) in [6.07, 6.45) is 3.27. The molecule has 1 atom stereocenters. The van der Waals surface area contributed by atoms with Gasteiger partial charge in [-0.25, -0.2) is 0 Å². The highest BCUT2D eigenvalue weighted by Gasteiger charge is 2.19. The smallest absolute Gasteiger partial charge is 0.324 e. The van der Waals surface area contributed by atoms with Gasteiger partial charge in [0.1, 0.15) is 0 Å². The molecular weight excluding hydrogens is 335 g/mol. The van der Waals surface area contributed by atoms with Gasteiger partial charge in [-0.2, -0.15) is 0 Å². The number of carbonyl (C=O) groups is 1. The molecule has 0 heterocycles. The Hall–Kier alpha value is -1.74. The molecule has 5 heteroatoms. The Morgan fingerprint density at radius 1 is 0.960 bits per heavy atom. The van der Waals surface area contributed by atoms with Crippen molar-refractivity contribution < 1.29 is 18.8 Å². The van der Waals surface area contributed by atoms with E-state index >= 15 is 0 Å². The van der Waals surface area contributed by atoms with Gasteiger partial charge in [0, 0.05) is 11.1 Å². The van der Waals surface area contributed by atoms with E-state index in [2.05, 4.69) is 6.92 Å². The van der Waals surface area contributed by atoms with Crippen molar-refractivity contribution in [3.63, 3.8) is 0 Å². The van der Waals surface area contributed by atoms with Gasteiger partial charge in [-0.15, -0.1) is 0 Å². The van der Waals surface area contributed by atoms with Crippen molar-refractivity contribution in [3.05, 3.63) is 70.8 Å². The molecule has 2 aromatic carbocycles. The van der Waals surface area contributed by atoms with Crippen LogP contribution < -0.4 is 0 Å². The quantitative estimate of drug-likeness (QED) is 0.506. The second kappa shape index (κ2) is 9.10. The van der Waals surface area contributed by atoms with Crippen LogP contribution in [0.3, 0.4) is 0 Å². The van der Waals surface area contributed by atoms with Crippen LogP contribution in [-0.2, 0) is 21.7 Å². The largest absolute Gasteiger partial charge is 0.332 e. The van der Waals surface area contributed by atoms with E-state index in [1.165, 1.54) is 5.56 Å². The summed E-state index contributed by atoms with van der Waals surface area (Å²) in [5.74, 6) is -0.0504. The standard InChI is InChI=1S/C20H25O4P/c1-3-5-6-16-7-11-18(12-8-16)20(21)19-13-9-17(10-14-19)15-25(22,23)24-4-2/h7-14H,3-6,15H2,1-2H3,(H,22,23). The van der Waals surface area contributed by atoms with E-state index in [4.69, 9.17) is 4.52 Å². The molecule has 1 N–H and O–H groups in total. The lowest BCUT2D eigenvalue weighted by Gasteiger charge is -2.11. The van der Waals surface area contributed by atoms with Crippen LogP contribution in [0.25, 0.3) is 0 Å². The van der Waals surface area contributed by atoms with Crippen LogP contribution in [0.1, 0.15) is 53.7 Å². The van der Waals surface area contributed by atoms with E-state index in [0.29, 0.717) is 16.7 Å². The summed E-state index contributed by atoms with van der Waals surface area (Å²) in [6, 6.07) is 14.5. The second-order valence-electron chi connectivity index (χ2n) is 6.04. The van der Waals surface area contributed by atoms with E-state index < -0.39 is 7.60 Å². The molecule has 0 saturated heterocycles. The van der Waals surface area contributed by atoms with Crippen LogP contribution in [0.2, 0.25) is 0 Å². The van der Waals surface area contributed by atoms with Crippen molar-refractivity contribution in [2.24, 2.45) is 0 Å². The van der Waals surface area contributed by atoms with Crippen molar-refractivity contribution in [1.82, 2.24) is 0 Å². The minimum atomic E-state index is -3.61. The molecule has 0 aliphatic carbocycles. The van der Waals surface area contributed by atoms with E-state index in [9.17, 15) is 14.3 Å². The number of carbonyl (C=O) groups excluding carboxylic acids is 1. The molecule has 0 aliphatic heterocycles. The first-order chi connectivity index (χ1) is 11.9. The molecule has 0 spiro atoms. The minimum absolute atomic E-state index is 0.0504. The fraction of sp³-hybridized carbons (Fsp3) is 0.350. The van der Waals surface area contributed by atoms with Crippen LogP contribution in [0.4, 0.5) is 0 Å². The Morgan fingerprint density at radius 3 is 1.96 bits per heavy atom. The molecule has 1 unspecified atom stereocenters. The van der Waals surface area contributed by atoms with Gasteiger partial charge in [0.2, 0.25) is 0 Å². The molecular formula is C20H25O4P. The second-order valence-corrected chi connectivity index (χ2v) is 7.89. The van der Waals surface area contributed by atoms with Gasteiger partial charge in [0.05, 0.1) is 12.8 Å². The van der Waals surface area contributed by atoms with Gasteiger partial charge in [-0.3, -0.25) is 9.36 Å². The Bertz CT molecular complexity index is 735. The monoisotopic (exact) mass is 360 g/mol. The number of hydrogen-bond donors (Lipinski definition) is 1. The van der Waals surface area contributed by atoms with Crippen molar-refractivity contribution in [3.8, 4) is 0 Å². The first-order valence-electron chi connectivity index (χ1n) is 8.64. The van der Waals surface area contributed by atoms with Crippen molar-refractivity contribution in [2.45, 2.75) is 39.3 Å². The molecule has 25 heavy (non-hydrogen) atoms. The van der Waals surface area contributed by atoms with E-state index in [1.54, 1.807) is 31.2 Å². The summed E-state index contributed by atoms with van der Waals surface area (Å²) in [5.41, 5.74) is 3.12. The number of benzene rings is 2. The van der Waals surface area contributed by atoms with Gasteiger partial charge in [-0.1, -0.05) is 61.9 Å². The first-order valence-corrected chi connectivity index (χ1v) is 10.4. The third kappa shape index (κ3) is 5.93. The fourth-order valence-corrected chi connectivity index (χ4v) is 3.78. The lowest BCUT2D eigenvalue weighted by atomic mass is 10.00. The molecule has 0 aliphatic rings. The first kappa shape index (κ1) is 19.6. The molecule has 0 amide bonds. The summed E-state index contributed by atoms with van der Waals surface area (Å²) >= 11 is 0. The maximum atomic E-state index is 12.5. The molecule has 0 radical (unpaired) electrons. The number of aryl methyl sites for hydroxylation is 1. The molecule has 0 fully saturated rings. The van der Waals surface area contributed by atoms with E-state index in [-0.39, 0.29) is 18.6 Å². The molecule has 0 saturated carbocycles. The SMILES string of the molecule is CCCCc1ccc(C(=O)c2ccc(CP(=O)(O)OCC)cc2)cc1. The topological polar surface area (TPSA) is 63.6 Å². The Morgan fingerprint density at radius 2 is 1.48 bits per heavy atom. The van der Waals surface area contributed by atoms with Crippen molar-refractivity contribution in [1.29, 1.82) is 0 Å². The number of unbranched alkanes of at least 4 members (excludes halogenated alkanes) is 1. The van der Waals surface area contributed by atoms with E-state index in [0.717, 1.165) is 19.3 Å². The Kier molecular flexibility index (Phi) is 7.12. The molecule has 0 aromatic heterocycles. The average Bonchev–Trinajstić information content (AvgIpc) is 2.60. The summed E-state index contributed by atoms with van der Waals surface area (Å²) in [4.78, 5) is 22.2. The predicted octanol–water partition coefficient (Wildman–Crippen LogP) is 4.98. The Labute approximate surface area is 149 Å². The van der Waals surface area contributed by atoms with Gasteiger partial charge in [-0.05, 0) is 30.9 Å². The van der Waals surface area contributed by atoms with Crippen LogP contribution >= 0.6 is 7.60 Å². The maximum absolute atomic E-state index is 12.5. The third-order valence-electron chi connectivity index (χ3n) is 3.96. The zero-order valence-electron chi connectivity index (χ0n) is 14.8. The number of rotatable bonds is 9. The zero-order chi connectivity index (χ0) is 18.3. The van der Waals surface area contributed by atoms with Crippen LogP contribution in [0.15, 0.2) is 48.5 Å².